The van der Waals surface area contributed by atoms with E-state index in [4.69, 9.17) is 133 Å². The smallest absolute Gasteiger partial charge is 0.508 e. The molecule has 724 valence electrons. The summed E-state index contributed by atoms with van der Waals surface area (Å²) in [6.45, 7) is 10.4. The number of hydrogen-bond acceptors (Lipinski definition) is 24. The van der Waals surface area contributed by atoms with Crippen LogP contribution in [0.1, 0.15) is 95.4 Å². The summed E-state index contributed by atoms with van der Waals surface area (Å²) in [6.07, 6.45) is 1.62. The van der Waals surface area contributed by atoms with Crippen LogP contribution in [0.4, 0.5) is 37.7 Å². The Morgan fingerprint density at radius 1 is 0.361 bits per heavy atom. The molecule has 2 aliphatic rings. The van der Waals surface area contributed by atoms with Crippen molar-refractivity contribution in [3.05, 3.63) is 259 Å². The molecule has 2 aliphatic heterocycles. The van der Waals surface area contributed by atoms with E-state index >= 15 is 0 Å². The highest BCUT2D eigenvalue weighted by Crippen LogP contribution is 2.41. The number of anilines is 2. The molecule has 12 rings (SSSR count). The van der Waals surface area contributed by atoms with Gasteiger partial charge in [-0.15, -0.1) is 0 Å². The molecule has 0 bridgehead atoms. The molecule has 2 fully saturated rings. The molecule has 0 unspecified atom stereocenters. The number of nitrogens with zero attached hydrogens (tertiary/aromatic N) is 4. The molecule has 8 aromatic carbocycles. The number of aliphatic hydroxyl groups is 2. The lowest BCUT2D eigenvalue weighted by Crippen LogP contribution is -2.47. The topological polar surface area (TPSA) is 305 Å². The van der Waals surface area contributed by atoms with Crippen molar-refractivity contribution in [2.45, 2.75) is 87.2 Å². The van der Waals surface area contributed by atoms with Crippen molar-refractivity contribution < 1.29 is 120 Å². The summed E-state index contributed by atoms with van der Waals surface area (Å²) in [6, 6.07) is 58.7. The van der Waals surface area contributed by atoms with Crippen molar-refractivity contribution in [2.75, 3.05) is 189 Å². The average Bonchev–Trinajstić information content (AvgIpc) is 0.787. The van der Waals surface area contributed by atoms with E-state index < -0.39 is 31.1 Å². The summed E-state index contributed by atoms with van der Waals surface area (Å²) in [5.41, 5.74) is -0.710. The fourth-order valence-corrected chi connectivity index (χ4v) is 16.7. The van der Waals surface area contributed by atoms with Crippen molar-refractivity contribution >= 4 is 99.6 Å². The summed E-state index contributed by atoms with van der Waals surface area (Å²) in [5, 5.41) is 37.3. The fourth-order valence-electron chi connectivity index (χ4n) is 14.2. The van der Waals surface area contributed by atoms with Gasteiger partial charge in [-0.05, 0) is 174 Å². The minimum Gasteiger partial charge on any atom is -0.508 e. The molecule has 5 N–H and O–H groups in total. The first-order valence-electron chi connectivity index (χ1n) is 43.5. The maximum atomic E-state index is 13.3. The lowest BCUT2D eigenvalue weighted by atomic mass is 9.84. The highest BCUT2D eigenvalue weighted by atomic mass is 35.5. The minimum absolute atomic E-state index is 0.00432. The summed E-state index contributed by atoms with van der Waals surface area (Å²) in [4.78, 5) is 9.53. The second kappa shape index (κ2) is 55.6. The largest absolute Gasteiger partial charge is 0.511 e. The van der Waals surface area contributed by atoms with E-state index in [0.717, 1.165) is 74.1 Å². The Bertz CT molecular complexity index is 5230. The number of piperidine rings is 2. The van der Waals surface area contributed by atoms with Crippen LogP contribution >= 0.6 is 46.4 Å². The van der Waals surface area contributed by atoms with Crippen molar-refractivity contribution in [3.63, 3.8) is 0 Å². The molecule has 38 heteroatoms. The van der Waals surface area contributed by atoms with E-state index in [2.05, 4.69) is 17.6 Å². The molecular weight excluding hydrogens is 1870 g/mol. The summed E-state index contributed by atoms with van der Waals surface area (Å²) in [7, 11) is -10.8. The lowest BCUT2D eigenvalue weighted by molar-refractivity contribution is -0.0499. The average molecular weight is 1980 g/mol. The van der Waals surface area contributed by atoms with Crippen molar-refractivity contribution in [1.29, 1.82) is 0 Å². The molecular formula is C95H112Cl4F6N6O20S2. The zero-order chi connectivity index (χ0) is 94.9. The molecule has 0 saturated carbocycles. The monoisotopic (exact) mass is 1970 g/mol. The van der Waals surface area contributed by atoms with Crippen molar-refractivity contribution in [3.8, 4) is 23.3 Å². The minimum atomic E-state index is -5.43. The standard InChI is InChI=1S/C47H54Cl2F3N3O10S.C41H50Cl2F3N3O8S.C7H8O2/c48-38-8-3-35(4-9-38)46(36-5-10-39(49)11-6-36)37-7-14-43-42(31-37)44(53-40-15-17-55(18-16-40)66(57,58)47(50,51)52)32-45(54-43)65-30-28-63-26-24-61-22-20-59-19-21-60-23-25-62-27-29-64-41-12-1-34(33-56)2-13-41;1-2-17-52-18-19-53-20-21-54-22-23-55-24-25-56-26-27-57-39-29-38(47-35-13-15-49(16-14-35)58(50,51)41(44,45)46)36-28-32(7-12-37(36)48-39)40(30-3-8-33(42)9-4-30)31-5-10-34(43)11-6-31;8-5-6-1-3-7(9)4-2-6/h1-14,31-32,40,46,56H,15-30,33H2,(H,53,54);3-12,28-29,35,40H,2,13-27H2,1H3,(H,47,48);1-4,8-9H,5H2. The van der Waals surface area contributed by atoms with Crippen molar-refractivity contribution in [1.82, 2.24) is 18.6 Å². The number of hydrogen-bond donors (Lipinski definition) is 5. The number of benzene rings is 8. The van der Waals surface area contributed by atoms with E-state index in [1.807, 2.05) is 146 Å². The third-order valence-electron chi connectivity index (χ3n) is 21.0. The Labute approximate surface area is 791 Å². The predicted octanol–water partition coefficient (Wildman–Crippen LogP) is 17.7. The molecule has 0 spiro atoms. The number of ether oxygens (including phenoxy) is 13. The van der Waals surface area contributed by atoms with Gasteiger partial charge in [-0.25, -0.2) is 26.8 Å². The number of fused-ring (bicyclic) bond motifs is 2. The van der Waals surface area contributed by atoms with Gasteiger partial charge in [0.2, 0.25) is 11.8 Å². The zero-order valence-electron chi connectivity index (χ0n) is 73.5. The van der Waals surface area contributed by atoms with Gasteiger partial charge in [0.1, 0.15) is 31.3 Å². The Morgan fingerprint density at radius 3 is 0.902 bits per heavy atom. The van der Waals surface area contributed by atoms with E-state index in [1.54, 1.807) is 48.5 Å². The van der Waals surface area contributed by atoms with Gasteiger partial charge in [0.25, 0.3) is 0 Å². The number of halogens is 10. The maximum absolute atomic E-state index is 13.3. The predicted molar refractivity (Wildman–Crippen MR) is 499 cm³/mol. The number of pyridine rings is 2. The maximum Gasteiger partial charge on any atom is 0.511 e. The second-order valence-electron chi connectivity index (χ2n) is 30.5. The van der Waals surface area contributed by atoms with Gasteiger partial charge < -0.3 is 87.5 Å². The van der Waals surface area contributed by atoms with Crippen LogP contribution in [0.15, 0.2) is 194 Å². The van der Waals surface area contributed by atoms with Crippen LogP contribution < -0.4 is 24.8 Å². The first-order valence-corrected chi connectivity index (χ1v) is 47.9. The van der Waals surface area contributed by atoms with Gasteiger partial charge >= 0.3 is 31.1 Å². The number of nitrogens with one attached hydrogen (secondary N) is 2. The number of phenolic OH excluding ortho intramolecular Hbond substituents is 1. The number of rotatable bonds is 52. The van der Waals surface area contributed by atoms with Crippen LogP contribution in [0.25, 0.3) is 21.8 Å². The van der Waals surface area contributed by atoms with Gasteiger partial charge in [0.05, 0.1) is 150 Å². The molecule has 26 nitrogen and oxygen atoms in total. The number of phenols is 1. The first-order chi connectivity index (χ1) is 64.2. The lowest BCUT2D eigenvalue weighted by Gasteiger charge is -2.32. The van der Waals surface area contributed by atoms with Crippen LogP contribution in [0, 0.1) is 0 Å². The number of alkyl halides is 6. The Balaban J connectivity index is 0.000000253. The summed E-state index contributed by atoms with van der Waals surface area (Å²) < 4.78 is 202. The Hall–Kier alpha value is -8.54. The van der Waals surface area contributed by atoms with Gasteiger partial charge in [-0.1, -0.05) is 138 Å². The molecule has 4 heterocycles. The van der Waals surface area contributed by atoms with Crippen LogP contribution in [-0.4, -0.2) is 252 Å². The molecule has 2 saturated heterocycles. The molecule has 0 radical (unpaired) electrons. The molecule has 0 amide bonds. The Kier molecular flexibility index (Phi) is 44.5. The van der Waals surface area contributed by atoms with Crippen molar-refractivity contribution in [2.24, 2.45) is 0 Å². The highest BCUT2D eigenvalue weighted by molar-refractivity contribution is 7.90. The number of sulfonamides is 2. The SMILES string of the molecule is CCCOCCOCCOCCOCCOCCOc1cc(NC2CCN(S(=O)(=O)C(F)(F)F)CC2)c2cc(C(c3ccc(Cl)cc3)c3ccc(Cl)cc3)ccc2n1.O=S(=O)(N1CCC(Nc2cc(OCCOCCOCCOCCOCCOCCOc3ccc(CO)cc3)nc3ccc(C(c4ccc(Cl)cc4)c4ccc(Cl)cc4)cc23)CC1)C(F)(F)F.OCc1ccc(O)cc1. The van der Waals surface area contributed by atoms with Crippen LogP contribution in [0.5, 0.6) is 23.3 Å². The van der Waals surface area contributed by atoms with Crippen LogP contribution in [0.3, 0.4) is 0 Å². The fraction of sp³-hybridized carbons (Fsp3) is 0.432. The summed E-state index contributed by atoms with van der Waals surface area (Å²) >= 11 is 25.0. The number of aromatic hydroxyl groups is 1. The van der Waals surface area contributed by atoms with E-state index in [-0.39, 0.29) is 121 Å². The molecule has 2 aromatic heterocycles. The normalized spacial score (nSPS) is 13.9. The highest BCUT2D eigenvalue weighted by Gasteiger charge is 2.52. The molecule has 0 aliphatic carbocycles. The van der Waals surface area contributed by atoms with Crippen LogP contribution in [0.2, 0.25) is 20.1 Å². The van der Waals surface area contributed by atoms with E-state index in [0.29, 0.717) is 182 Å². The van der Waals surface area contributed by atoms with Gasteiger partial charge in [-0.3, -0.25) is 0 Å². The van der Waals surface area contributed by atoms with Gasteiger partial charge in [-0.2, -0.15) is 35.0 Å². The third kappa shape index (κ3) is 34.9. The Morgan fingerprint density at radius 2 is 0.624 bits per heavy atom. The first kappa shape index (κ1) is 107. The molecule has 10 aromatic rings. The second-order valence-corrected chi connectivity index (χ2v) is 36.1. The third-order valence-corrected chi connectivity index (χ3v) is 25.3. The molecule has 133 heavy (non-hydrogen) atoms. The quantitative estimate of drug-likeness (QED) is 0.0134. The van der Waals surface area contributed by atoms with Gasteiger partial charge in [0.15, 0.2) is 0 Å². The van der Waals surface area contributed by atoms with E-state index in [9.17, 15) is 43.2 Å². The zero-order valence-corrected chi connectivity index (χ0v) is 78.1. The summed E-state index contributed by atoms with van der Waals surface area (Å²) in [5.74, 6) is 1.16. The van der Waals surface area contributed by atoms with Crippen LogP contribution in [-0.2, 0) is 80.6 Å². The molecule has 0 atom stereocenters. The van der Waals surface area contributed by atoms with E-state index in [1.165, 1.54) is 0 Å². The number of aliphatic hydroxyl groups excluding tert-OH is 2. The van der Waals surface area contributed by atoms with Gasteiger partial charge in [0, 0.05) is 111 Å². The number of aromatic nitrogens is 2.